The third kappa shape index (κ3) is 3.11. The molecule has 1 aliphatic rings. The van der Waals surface area contributed by atoms with E-state index in [-0.39, 0.29) is 5.41 Å². The Hall–Kier alpha value is -4.94. The fourth-order valence-corrected chi connectivity index (χ4v) is 7.64. The van der Waals surface area contributed by atoms with Crippen molar-refractivity contribution in [2.24, 2.45) is 0 Å². The zero-order valence-electron chi connectivity index (χ0n) is 23.2. The Morgan fingerprint density at radius 1 is 0.366 bits per heavy atom. The van der Waals surface area contributed by atoms with Crippen molar-refractivity contribution in [3.8, 4) is 33.4 Å². The summed E-state index contributed by atoms with van der Waals surface area (Å²) in [5.74, 6) is 0. The second kappa shape index (κ2) is 8.05. The molecule has 0 N–H and O–H groups in total. The summed E-state index contributed by atoms with van der Waals surface area (Å²) < 4.78 is 0. The molecular weight excluding hydrogens is 492 g/mol. The number of rotatable bonds is 2. The lowest BCUT2D eigenvalue weighted by atomic mass is 9.78. The van der Waals surface area contributed by atoms with Crippen LogP contribution in [0.4, 0.5) is 0 Å². The maximum Gasteiger partial charge on any atom is 0.0165 e. The van der Waals surface area contributed by atoms with Crippen molar-refractivity contribution in [3.05, 3.63) is 145 Å². The van der Waals surface area contributed by atoms with Gasteiger partial charge in [0.05, 0.1) is 0 Å². The second-order valence-electron chi connectivity index (χ2n) is 12.2. The Balaban J connectivity index is 1.25. The van der Waals surface area contributed by atoms with Gasteiger partial charge < -0.3 is 0 Å². The second-order valence-corrected chi connectivity index (χ2v) is 12.2. The Bertz CT molecular complexity index is 2250. The molecule has 0 bridgehead atoms. The molecule has 0 heterocycles. The van der Waals surface area contributed by atoms with Crippen LogP contribution in [0.15, 0.2) is 133 Å². The molecule has 192 valence electrons. The fraction of sp³-hybridized carbons (Fsp3) is 0.0732. The molecule has 8 aromatic carbocycles. The van der Waals surface area contributed by atoms with Gasteiger partial charge in [0, 0.05) is 5.41 Å². The van der Waals surface area contributed by atoms with Crippen molar-refractivity contribution >= 4 is 43.1 Å². The monoisotopic (exact) mass is 520 g/mol. The number of benzene rings is 8. The lowest BCUT2D eigenvalue weighted by molar-refractivity contribution is 0.666. The highest BCUT2D eigenvalue weighted by molar-refractivity contribution is 6.23. The summed E-state index contributed by atoms with van der Waals surface area (Å²) in [4.78, 5) is 0. The third-order valence-electron chi connectivity index (χ3n) is 9.53. The lowest BCUT2D eigenvalue weighted by Crippen LogP contribution is -2.16. The van der Waals surface area contributed by atoms with Crippen LogP contribution >= 0.6 is 0 Å². The molecule has 8 aromatic rings. The standard InChI is InChI=1S/C41H28/c1-41(2)36-24-29(32-22-30-16-14-26-10-6-11-27-15-17-31(23-32)38(30)37(26)27)19-20-34(36)35-21-18-28-12-7-13-33(39(28)40(35)41)25-8-4-3-5-9-25/h3-24H,1-2H3. The zero-order chi connectivity index (χ0) is 27.3. The summed E-state index contributed by atoms with van der Waals surface area (Å²) in [5.41, 5.74) is 10.6. The minimum atomic E-state index is -0.124. The van der Waals surface area contributed by atoms with Gasteiger partial charge in [0.15, 0.2) is 0 Å². The highest BCUT2D eigenvalue weighted by atomic mass is 14.4. The number of hydrogen-bond donors (Lipinski definition) is 0. The molecule has 0 heteroatoms. The molecule has 0 unspecified atom stereocenters. The van der Waals surface area contributed by atoms with Crippen LogP contribution < -0.4 is 0 Å². The predicted octanol–water partition coefficient (Wildman–Crippen LogP) is 11.4. The summed E-state index contributed by atoms with van der Waals surface area (Å²) in [6.45, 7) is 4.81. The largest absolute Gasteiger partial charge is 0.0622 e. The van der Waals surface area contributed by atoms with Crippen LogP contribution in [0.25, 0.3) is 76.5 Å². The molecular formula is C41H28. The van der Waals surface area contributed by atoms with Gasteiger partial charge in [0.25, 0.3) is 0 Å². The molecule has 41 heavy (non-hydrogen) atoms. The first kappa shape index (κ1) is 22.8. The van der Waals surface area contributed by atoms with E-state index in [0.717, 1.165) is 0 Å². The fourth-order valence-electron chi connectivity index (χ4n) is 7.64. The molecule has 0 radical (unpaired) electrons. The SMILES string of the molecule is CC1(C)c2cc(-c3cc4ccc5cccc6ccc(c3)c4c56)ccc2-c2ccc3cccc(-c4ccccc4)c3c21. The van der Waals surface area contributed by atoms with Crippen molar-refractivity contribution < 1.29 is 0 Å². The van der Waals surface area contributed by atoms with E-state index in [0.29, 0.717) is 0 Å². The van der Waals surface area contributed by atoms with E-state index in [4.69, 9.17) is 0 Å². The number of hydrogen-bond acceptors (Lipinski definition) is 0. The number of fused-ring (bicyclic) bond motifs is 5. The highest BCUT2D eigenvalue weighted by Gasteiger charge is 2.37. The Kier molecular flexibility index (Phi) is 4.49. The van der Waals surface area contributed by atoms with E-state index in [1.807, 2.05) is 0 Å². The summed E-state index contributed by atoms with van der Waals surface area (Å²) in [5, 5.41) is 10.7. The molecule has 0 fully saturated rings. The summed E-state index contributed by atoms with van der Waals surface area (Å²) in [6.07, 6.45) is 0. The summed E-state index contributed by atoms with van der Waals surface area (Å²) >= 11 is 0. The highest BCUT2D eigenvalue weighted by Crippen LogP contribution is 2.53. The van der Waals surface area contributed by atoms with Crippen LogP contribution in [0.1, 0.15) is 25.0 Å². The van der Waals surface area contributed by atoms with Gasteiger partial charge in [-0.3, -0.25) is 0 Å². The molecule has 0 amide bonds. The van der Waals surface area contributed by atoms with Crippen molar-refractivity contribution in [1.82, 2.24) is 0 Å². The molecule has 1 aliphatic carbocycles. The molecule has 0 aromatic heterocycles. The van der Waals surface area contributed by atoms with Crippen LogP contribution in [0.3, 0.4) is 0 Å². The first-order chi connectivity index (χ1) is 20.1. The van der Waals surface area contributed by atoms with Crippen LogP contribution in [-0.2, 0) is 5.41 Å². The topological polar surface area (TPSA) is 0 Å². The quantitative estimate of drug-likeness (QED) is 0.199. The van der Waals surface area contributed by atoms with Crippen molar-refractivity contribution in [2.75, 3.05) is 0 Å². The third-order valence-corrected chi connectivity index (χ3v) is 9.53. The minimum Gasteiger partial charge on any atom is -0.0622 e. The van der Waals surface area contributed by atoms with Crippen molar-refractivity contribution in [2.45, 2.75) is 19.3 Å². The zero-order valence-corrected chi connectivity index (χ0v) is 23.2. The van der Waals surface area contributed by atoms with E-state index in [1.165, 1.54) is 87.6 Å². The molecule has 0 aliphatic heterocycles. The molecule has 0 spiro atoms. The Morgan fingerprint density at radius 3 is 1.68 bits per heavy atom. The van der Waals surface area contributed by atoms with E-state index in [1.54, 1.807) is 0 Å². The van der Waals surface area contributed by atoms with Gasteiger partial charge in [-0.05, 0) is 106 Å². The van der Waals surface area contributed by atoms with Gasteiger partial charge in [-0.1, -0.05) is 129 Å². The van der Waals surface area contributed by atoms with Crippen molar-refractivity contribution in [1.29, 1.82) is 0 Å². The molecule has 0 atom stereocenters. The van der Waals surface area contributed by atoms with E-state index in [9.17, 15) is 0 Å². The van der Waals surface area contributed by atoms with Crippen LogP contribution in [0.2, 0.25) is 0 Å². The van der Waals surface area contributed by atoms with Gasteiger partial charge in [-0.15, -0.1) is 0 Å². The maximum absolute atomic E-state index is 2.46. The normalized spacial score (nSPS) is 13.8. The van der Waals surface area contributed by atoms with Crippen LogP contribution in [0, 0.1) is 0 Å². The van der Waals surface area contributed by atoms with Gasteiger partial charge in [0.1, 0.15) is 0 Å². The maximum atomic E-state index is 2.46. The average molecular weight is 521 g/mol. The molecule has 0 saturated heterocycles. The average Bonchev–Trinajstić information content (AvgIpc) is 3.25. The Morgan fingerprint density at radius 2 is 0.951 bits per heavy atom. The first-order valence-electron chi connectivity index (χ1n) is 14.5. The van der Waals surface area contributed by atoms with Crippen LogP contribution in [0.5, 0.6) is 0 Å². The van der Waals surface area contributed by atoms with Gasteiger partial charge in [0.2, 0.25) is 0 Å². The minimum absolute atomic E-state index is 0.124. The molecule has 9 rings (SSSR count). The van der Waals surface area contributed by atoms with Gasteiger partial charge >= 0.3 is 0 Å². The first-order valence-corrected chi connectivity index (χ1v) is 14.5. The smallest absolute Gasteiger partial charge is 0.0165 e. The predicted molar refractivity (Wildman–Crippen MR) is 176 cm³/mol. The van der Waals surface area contributed by atoms with Crippen LogP contribution in [-0.4, -0.2) is 0 Å². The molecule has 0 saturated carbocycles. The van der Waals surface area contributed by atoms with Gasteiger partial charge in [-0.25, -0.2) is 0 Å². The van der Waals surface area contributed by atoms with E-state index >= 15 is 0 Å². The summed E-state index contributed by atoms with van der Waals surface area (Å²) in [7, 11) is 0. The molecule has 0 nitrogen and oxygen atoms in total. The summed E-state index contributed by atoms with van der Waals surface area (Å²) in [6, 6.07) is 49.8. The van der Waals surface area contributed by atoms with Crippen molar-refractivity contribution in [3.63, 3.8) is 0 Å². The Labute approximate surface area is 239 Å². The lowest BCUT2D eigenvalue weighted by Gasteiger charge is -2.25. The van der Waals surface area contributed by atoms with Gasteiger partial charge in [-0.2, -0.15) is 0 Å². The van der Waals surface area contributed by atoms with E-state index < -0.39 is 0 Å². The van der Waals surface area contributed by atoms with E-state index in [2.05, 4.69) is 147 Å².